The maximum Gasteiger partial charge on any atom is 0.255 e. The fourth-order valence-corrected chi connectivity index (χ4v) is 3.10. The number of ether oxygens (including phenoxy) is 1. The number of rotatable bonds is 8. The standard InChI is InChI=1S/C22H22N4O5/c1-12(28)14-5-3-4-13(10-14)6-8-16-19-17(26-25-16)9-7-15(20(19)31-2)22(30)24-18(11-27)21(23)29/h3-10,18,27H,11H2,1-2H3,(H2,23,29)(H,24,30)(H,25,26)/b8-6+. The Balaban J connectivity index is 2.00. The van der Waals surface area contributed by atoms with Gasteiger partial charge < -0.3 is 20.9 Å². The van der Waals surface area contributed by atoms with Crippen molar-refractivity contribution < 1.29 is 24.2 Å². The van der Waals surface area contributed by atoms with Gasteiger partial charge in [0.2, 0.25) is 5.91 Å². The summed E-state index contributed by atoms with van der Waals surface area (Å²) in [6.45, 7) is 0.882. The van der Waals surface area contributed by atoms with Crippen LogP contribution in [-0.4, -0.2) is 52.7 Å². The largest absolute Gasteiger partial charge is 0.495 e. The van der Waals surface area contributed by atoms with E-state index in [4.69, 9.17) is 10.5 Å². The third kappa shape index (κ3) is 4.62. The van der Waals surface area contributed by atoms with Gasteiger partial charge in [-0.3, -0.25) is 19.5 Å². The van der Waals surface area contributed by atoms with Gasteiger partial charge in [0.15, 0.2) is 5.78 Å². The lowest BCUT2D eigenvalue weighted by Gasteiger charge is -2.15. The number of benzene rings is 2. The highest BCUT2D eigenvalue weighted by atomic mass is 16.5. The normalized spacial score (nSPS) is 12.1. The van der Waals surface area contributed by atoms with Crippen molar-refractivity contribution >= 4 is 40.7 Å². The minimum Gasteiger partial charge on any atom is -0.495 e. The van der Waals surface area contributed by atoms with Crippen LogP contribution < -0.4 is 15.8 Å². The van der Waals surface area contributed by atoms with E-state index < -0.39 is 24.5 Å². The lowest BCUT2D eigenvalue weighted by atomic mass is 10.1. The van der Waals surface area contributed by atoms with Crippen molar-refractivity contribution in [2.45, 2.75) is 13.0 Å². The molecular weight excluding hydrogens is 400 g/mol. The lowest BCUT2D eigenvalue weighted by molar-refractivity contribution is -0.120. The predicted molar refractivity (Wildman–Crippen MR) is 116 cm³/mol. The number of aromatic nitrogens is 2. The molecule has 0 aliphatic rings. The SMILES string of the molecule is COc1c(C(=O)NC(CO)C(N)=O)ccc2n[nH]c(/C=C/c3cccc(C(C)=O)c3)c12. The van der Waals surface area contributed by atoms with E-state index in [-0.39, 0.29) is 17.1 Å². The number of amides is 2. The molecule has 9 heteroatoms. The van der Waals surface area contributed by atoms with Gasteiger partial charge in [0.25, 0.3) is 5.91 Å². The number of hydrogen-bond acceptors (Lipinski definition) is 6. The van der Waals surface area contributed by atoms with Crippen LogP contribution >= 0.6 is 0 Å². The first-order valence-corrected chi connectivity index (χ1v) is 9.41. The third-order valence-electron chi connectivity index (χ3n) is 4.72. The van der Waals surface area contributed by atoms with Gasteiger partial charge in [-0.25, -0.2) is 0 Å². The van der Waals surface area contributed by atoms with Crippen LogP contribution in [0.4, 0.5) is 0 Å². The van der Waals surface area contributed by atoms with E-state index in [1.807, 2.05) is 6.07 Å². The molecule has 0 spiro atoms. The molecule has 0 fully saturated rings. The summed E-state index contributed by atoms with van der Waals surface area (Å²) in [5.74, 6) is -1.25. The molecule has 0 saturated heterocycles. The molecule has 1 aromatic heterocycles. The fraction of sp³-hybridized carbons (Fsp3) is 0.182. The highest BCUT2D eigenvalue weighted by Gasteiger charge is 2.23. The number of Topliss-reactive ketones (excluding diaryl/α,β-unsaturated/α-hetero) is 1. The van der Waals surface area contributed by atoms with Gasteiger partial charge in [0, 0.05) is 5.56 Å². The number of hydrogen-bond donors (Lipinski definition) is 4. The van der Waals surface area contributed by atoms with Crippen LogP contribution in [0, 0.1) is 0 Å². The smallest absolute Gasteiger partial charge is 0.255 e. The van der Waals surface area contributed by atoms with Crippen LogP contribution in [0.2, 0.25) is 0 Å². The molecule has 1 atom stereocenters. The first-order chi connectivity index (χ1) is 14.8. The number of ketones is 1. The number of carbonyl (C=O) groups excluding carboxylic acids is 3. The summed E-state index contributed by atoms with van der Waals surface area (Å²) in [4.78, 5) is 35.6. The summed E-state index contributed by atoms with van der Waals surface area (Å²) < 4.78 is 5.48. The number of nitrogens with two attached hydrogens (primary N) is 1. The van der Waals surface area contributed by atoms with Crippen molar-refractivity contribution in [3.8, 4) is 5.75 Å². The zero-order valence-corrected chi connectivity index (χ0v) is 17.0. The molecular formula is C22H22N4O5. The van der Waals surface area contributed by atoms with Gasteiger partial charge in [0.05, 0.1) is 35.9 Å². The molecule has 160 valence electrons. The Kier molecular flexibility index (Phi) is 6.46. The molecule has 3 aromatic rings. The summed E-state index contributed by atoms with van der Waals surface area (Å²) in [6.07, 6.45) is 3.57. The van der Waals surface area contributed by atoms with Gasteiger partial charge in [-0.2, -0.15) is 5.10 Å². The van der Waals surface area contributed by atoms with E-state index in [9.17, 15) is 19.5 Å². The second-order valence-corrected chi connectivity index (χ2v) is 6.80. The van der Waals surface area contributed by atoms with E-state index in [0.717, 1.165) is 5.56 Å². The number of primary amides is 1. The summed E-state index contributed by atoms with van der Waals surface area (Å²) >= 11 is 0. The summed E-state index contributed by atoms with van der Waals surface area (Å²) in [6, 6.07) is 9.09. The molecule has 0 saturated carbocycles. The average molecular weight is 422 g/mol. The topological polar surface area (TPSA) is 147 Å². The second-order valence-electron chi connectivity index (χ2n) is 6.80. The number of nitrogens with one attached hydrogen (secondary N) is 2. The molecule has 31 heavy (non-hydrogen) atoms. The van der Waals surface area contributed by atoms with Gasteiger partial charge in [-0.05, 0) is 36.8 Å². The van der Waals surface area contributed by atoms with Gasteiger partial charge in [-0.1, -0.05) is 24.3 Å². The molecule has 0 bridgehead atoms. The monoisotopic (exact) mass is 422 g/mol. The van der Waals surface area contributed by atoms with Crippen molar-refractivity contribution in [3.63, 3.8) is 0 Å². The van der Waals surface area contributed by atoms with E-state index in [1.54, 1.807) is 36.4 Å². The molecule has 1 heterocycles. The molecule has 2 amide bonds. The fourth-order valence-electron chi connectivity index (χ4n) is 3.10. The molecule has 3 rings (SSSR count). The van der Waals surface area contributed by atoms with Crippen LogP contribution in [0.1, 0.15) is 38.9 Å². The Bertz CT molecular complexity index is 1180. The highest BCUT2D eigenvalue weighted by molar-refractivity contribution is 6.06. The zero-order chi connectivity index (χ0) is 22.5. The lowest BCUT2D eigenvalue weighted by Crippen LogP contribution is -2.46. The third-order valence-corrected chi connectivity index (χ3v) is 4.72. The maximum absolute atomic E-state index is 12.7. The Morgan fingerprint density at radius 1 is 1.26 bits per heavy atom. The Hall–Kier alpha value is -3.98. The molecule has 1 unspecified atom stereocenters. The number of methoxy groups -OCH3 is 1. The quantitative estimate of drug-likeness (QED) is 0.405. The van der Waals surface area contributed by atoms with E-state index >= 15 is 0 Å². The van der Waals surface area contributed by atoms with Crippen molar-refractivity contribution in [1.82, 2.24) is 15.5 Å². The molecule has 2 aromatic carbocycles. The van der Waals surface area contributed by atoms with Crippen molar-refractivity contribution in [1.29, 1.82) is 0 Å². The number of carbonyl (C=O) groups is 3. The Morgan fingerprint density at radius 3 is 2.68 bits per heavy atom. The zero-order valence-electron chi connectivity index (χ0n) is 17.0. The molecule has 0 aliphatic carbocycles. The van der Waals surface area contributed by atoms with Gasteiger partial charge in [0.1, 0.15) is 11.8 Å². The van der Waals surface area contributed by atoms with Crippen molar-refractivity contribution in [2.75, 3.05) is 13.7 Å². The number of nitrogens with zero attached hydrogens (tertiary/aromatic N) is 1. The van der Waals surface area contributed by atoms with Gasteiger partial charge >= 0.3 is 0 Å². The minimum absolute atomic E-state index is 0.0308. The van der Waals surface area contributed by atoms with E-state index in [1.165, 1.54) is 20.1 Å². The number of aliphatic hydroxyl groups excluding tert-OH is 1. The van der Waals surface area contributed by atoms with E-state index in [0.29, 0.717) is 22.2 Å². The van der Waals surface area contributed by atoms with E-state index in [2.05, 4.69) is 15.5 Å². The Labute approximate surface area is 177 Å². The van der Waals surface area contributed by atoms with Crippen LogP contribution in [0.5, 0.6) is 5.75 Å². The Morgan fingerprint density at radius 2 is 2.03 bits per heavy atom. The minimum atomic E-state index is -1.22. The number of H-pyrrole nitrogens is 1. The first-order valence-electron chi connectivity index (χ1n) is 9.41. The number of fused-ring (bicyclic) bond motifs is 1. The summed E-state index contributed by atoms with van der Waals surface area (Å²) in [7, 11) is 1.42. The molecule has 0 aliphatic heterocycles. The van der Waals surface area contributed by atoms with Crippen LogP contribution in [0.25, 0.3) is 23.1 Å². The van der Waals surface area contributed by atoms with Crippen LogP contribution in [0.15, 0.2) is 36.4 Å². The summed E-state index contributed by atoms with van der Waals surface area (Å²) in [5.41, 5.74) is 7.90. The van der Waals surface area contributed by atoms with Crippen molar-refractivity contribution in [3.05, 3.63) is 58.8 Å². The molecule has 0 radical (unpaired) electrons. The summed E-state index contributed by atoms with van der Waals surface area (Å²) in [5, 5.41) is 19.3. The van der Waals surface area contributed by atoms with Gasteiger partial charge in [-0.15, -0.1) is 0 Å². The predicted octanol–water partition coefficient (Wildman–Crippen LogP) is 1.52. The molecule has 5 N–H and O–H groups in total. The average Bonchev–Trinajstić information content (AvgIpc) is 3.18. The maximum atomic E-state index is 12.7. The van der Waals surface area contributed by atoms with Crippen LogP contribution in [0.3, 0.4) is 0 Å². The first kappa shape index (κ1) is 21.7. The van der Waals surface area contributed by atoms with Crippen molar-refractivity contribution in [2.24, 2.45) is 5.73 Å². The number of aromatic amines is 1. The van der Waals surface area contributed by atoms with Crippen LogP contribution in [-0.2, 0) is 4.79 Å². The second kappa shape index (κ2) is 9.23. The molecule has 9 nitrogen and oxygen atoms in total. The number of aliphatic hydroxyl groups is 1. The highest BCUT2D eigenvalue weighted by Crippen LogP contribution is 2.32.